The fourth-order valence-electron chi connectivity index (χ4n) is 1.77. The quantitative estimate of drug-likeness (QED) is 0.791. The molecule has 5 heteroatoms. The van der Waals surface area contributed by atoms with Crippen molar-refractivity contribution in [2.24, 2.45) is 0 Å². The first kappa shape index (κ1) is 13.8. The summed E-state index contributed by atoms with van der Waals surface area (Å²) < 4.78 is 20.2. The first-order valence-electron chi connectivity index (χ1n) is 7.00. The molecule has 3 heterocycles. The van der Waals surface area contributed by atoms with Gasteiger partial charge in [0.25, 0.3) is 0 Å². The van der Waals surface area contributed by atoms with E-state index in [2.05, 4.69) is 0 Å². The van der Waals surface area contributed by atoms with Crippen LogP contribution in [0.3, 0.4) is 0 Å². The van der Waals surface area contributed by atoms with E-state index < -0.39 is 0 Å². The Kier molecular flexibility index (Phi) is 4.52. The van der Waals surface area contributed by atoms with E-state index in [1.165, 1.54) is 0 Å². The lowest BCUT2D eigenvalue weighted by Crippen LogP contribution is -2.06. The lowest BCUT2D eigenvalue weighted by molar-refractivity contribution is 0.102. The molecule has 3 saturated heterocycles. The van der Waals surface area contributed by atoms with E-state index in [1.807, 2.05) is 18.2 Å². The van der Waals surface area contributed by atoms with Gasteiger partial charge in [-0.05, 0) is 11.6 Å². The van der Waals surface area contributed by atoms with Gasteiger partial charge in [0.05, 0.1) is 39.1 Å². The molecule has 0 saturated carbocycles. The maximum atomic E-state index is 9.33. The second-order valence-electron chi connectivity index (χ2n) is 5.24. The first-order chi connectivity index (χ1) is 9.81. The Morgan fingerprint density at radius 3 is 2.00 bits per heavy atom. The molecule has 20 heavy (non-hydrogen) atoms. The van der Waals surface area contributed by atoms with Crippen molar-refractivity contribution in [3.8, 4) is 5.75 Å². The van der Waals surface area contributed by atoms with Gasteiger partial charge in [-0.25, -0.2) is 0 Å². The summed E-state index contributed by atoms with van der Waals surface area (Å²) in [6, 6.07) is 7.39. The fraction of sp³-hybridized carbons (Fsp3) is 0.600. The molecule has 110 valence electrons. The molecule has 1 aromatic rings. The SMILES string of the molecule is C(OCC1CO1)C1CO1.Oc1ccccc1CC1CO1. The molecule has 0 spiro atoms. The molecule has 1 N–H and O–H groups in total. The third-order valence-electron chi connectivity index (χ3n) is 3.25. The summed E-state index contributed by atoms with van der Waals surface area (Å²) in [7, 11) is 0. The van der Waals surface area contributed by atoms with Crippen molar-refractivity contribution in [2.75, 3.05) is 33.0 Å². The smallest absolute Gasteiger partial charge is 0.118 e. The van der Waals surface area contributed by atoms with Crippen molar-refractivity contribution in [3.05, 3.63) is 29.8 Å². The molecule has 0 aliphatic carbocycles. The zero-order valence-electron chi connectivity index (χ0n) is 11.4. The second kappa shape index (κ2) is 6.54. The number of rotatable bonds is 6. The number of para-hydroxylation sites is 1. The molecular weight excluding hydrogens is 260 g/mol. The lowest BCUT2D eigenvalue weighted by atomic mass is 10.1. The summed E-state index contributed by atoms with van der Waals surface area (Å²) in [4.78, 5) is 0. The van der Waals surface area contributed by atoms with Crippen LogP contribution in [0.15, 0.2) is 24.3 Å². The van der Waals surface area contributed by atoms with Gasteiger partial charge in [0.2, 0.25) is 0 Å². The number of aromatic hydroxyl groups is 1. The summed E-state index contributed by atoms with van der Waals surface area (Å²) in [5.74, 6) is 0.378. The van der Waals surface area contributed by atoms with Gasteiger partial charge in [0.1, 0.15) is 18.0 Å². The fourth-order valence-corrected chi connectivity index (χ4v) is 1.77. The predicted octanol–water partition coefficient (Wildman–Crippen LogP) is 1.13. The van der Waals surface area contributed by atoms with Gasteiger partial charge in [0, 0.05) is 6.42 Å². The second-order valence-corrected chi connectivity index (χ2v) is 5.24. The average Bonchev–Trinajstić information content (AvgIpc) is 3.26. The Labute approximate surface area is 118 Å². The Morgan fingerprint density at radius 2 is 1.50 bits per heavy atom. The molecule has 3 aliphatic heterocycles. The Balaban J connectivity index is 0.000000123. The van der Waals surface area contributed by atoms with Gasteiger partial charge >= 0.3 is 0 Å². The molecule has 3 aliphatic rings. The largest absolute Gasteiger partial charge is 0.508 e. The van der Waals surface area contributed by atoms with E-state index in [9.17, 15) is 5.11 Å². The molecule has 0 aromatic heterocycles. The average molecular weight is 280 g/mol. The zero-order chi connectivity index (χ0) is 13.8. The van der Waals surface area contributed by atoms with Gasteiger partial charge in [-0.15, -0.1) is 0 Å². The Hall–Kier alpha value is -1.14. The van der Waals surface area contributed by atoms with Crippen LogP contribution in [0.2, 0.25) is 0 Å². The molecule has 3 unspecified atom stereocenters. The van der Waals surface area contributed by atoms with Crippen molar-refractivity contribution in [1.29, 1.82) is 0 Å². The third-order valence-corrected chi connectivity index (χ3v) is 3.25. The molecule has 0 radical (unpaired) electrons. The van der Waals surface area contributed by atoms with Crippen LogP contribution in [-0.4, -0.2) is 56.5 Å². The Bertz CT molecular complexity index is 412. The molecule has 0 bridgehead atoms. The highest BCUT2D eigenvalue weighted by Gasteiger charge is 2.26. The molecule has 1 aromatic carbocycles. The normalized spacial score (nSPS) is 29.3. The van der Waals surface area contributed by atoms with Crippen LogP contribution in [-0.2, 0) is 25.4 Å². The van der Waals surface area contributed by atoms with Crippen molar-refractivity contribution < 1.29 is 24.1 Å². The standard InChI is InChI=1S/C9H10O2.C6H10O3/c10-9-4-2-1-3-7(9)5-8-6-11-8;1(5-3-8-5)7-2-6-4-9-6/h1-4,8,10H,5-6H2;5-6H,1-4H2. The predicted molar refractivity (Wildman–Crippen MR) is 71.8 cm³/mol. The van der Waals surface area contributed by atoms with Crippen LogP contribution in [0, 0.1) is 0 Å². The molecule has 3 atom stereocenters. The summed E-state index contributed by atoms with van der Waals surface area (Å²) >= 11 is 0. The number of ether oxygens (including phenoxy) is 4. The van der Waals surface area contributed by atoms with Crippen molar-refractivity contribution >= 4 is 0 Å². The third kappa shape index (κ3) is 5.09. The summed E-state index contributed by atoms with van der Waals surface area (Å²) in [6.07, 6.45) is 1.97. The van der Waals surface area contributed by atoms with Gasteiger partial charge in [-0.3, -0.25) is 0 Å². The van der Waals surface area contributed by atoms with Crippen LogP contribution >= 0.6 is 0 Å². The van der Waals surface area contributed by atoms with Crippen LogP contribution < -0.4 is 0 Å². The zero-order valence-corrected chi connectivity index (χ0v) is 11.4. The highest BCUT2D eigenvalue weighted by atomic mass is 16.6. The maximum Gasteiger partial charge on any atom is 0.118 e. The van der Waals surface area contributed by atoms with E-state index >= 15 is 0 Å². The van der Waals surface area contributed by atoms with E-state index in [0.29, 0.717) is 24.1 Å². The van der Waals surface area contributed by atoms with Crippen LogP contribution in [0.25, 0.3) is 0 Å². The lowest BCUT2D eigenvalue weighted by Gasteiger charge is -1.99. The number of phenols is 1. The van der Waals surface area contributed by atoms with Gasteiger partial charge in [-0.2, -0.15) is 0 Å². The monoisotopic (exact) mass is 280 g/mol. The van der Waals surface area contributed by atoms with Gasteiger partial charge in [0.15, 0.2) is 0 Å². The molecule has 5 nitrogen and oxygen atoms in total. The number of benzene rings is 1. The highest BCUT2D eigenvalue weighted by molar-refractivity contribution is 5.32. The molecule has 4 rings (SSSR count). The highest BCUT2D eigenvalue weighted by Crippen LogP contribution is 2.22. The summed E-state index contributed by atoms with van der Waals surface area (Å²) in [5.41, 5.74) is 0.981. The maximum absolute atomic E-state index is 9.33. The van der Waals surface area contributed by atoms with Crippen LogP contribution in [0.4, 0.5) is 0 Å². The Morgan fingerprint density at radius 1 is 0.950 bits per heavy atom. The summed E-state index contributed by atoms with van der Waals surface area (Å²) in [5, 5.41) is 9.33. The van der Waals surface area contributed by atoms with Crippen LogP contribution in [0.1, 0.15) is 5.56 Å². The van der Waals surface area contributed by atoms with E-state index in [0.717, 1.165) is 45.0 Å². The summed E-state index contributed by atoms with van der Waals surface area (Å²) in [6.45, 7) is 4.10. The van der Waals surface area contributed by atoms with Crippen molar-refractivity contribution in [1.82, 2.24) is 0 Å². The van der Waals surface area contributed by atoms with Crippen molar-refractivity contribution in [2.45, 2.75) is 24.7 Å². The molecule has 3 fully saturated rings. The van der Waals surface area contributed by atoms with E-state index in [4.69, 9.17) is 18.9 Å². The molecular formula is C15H20O5. The van der Waals surface area contributed by atoms with Crippen molar-refractivity contribution in [3.63, 3.8) is 0 Å². The topological polar surface area (TPSA) is 67.0 Å². The van der Waals surface area contributed by atoms with E-state index in [-0.39, 0.29) is 0 Å². The van der Waals surface area contributed by atoms with Crippen LogP contribution in [0.5, 0.6) is 5.75 Å². The number of epoxide rings is 3. The minimum atomic E-state index is 0.350. The van der Waals surface area contributed by atoms with E-state index in [1.54, 1.807) is 6.07 Å². The number of hydrogen-bond acceptors (Lipinski definition) is 5. The number of phenolic OH excluding ortho intramolecular Hbond substituents is 1. The van der Waals surface area contributed by atoms with Gasteiger partial charge in [-0.1, -0.05) is 18.2 Å². The molecule has 0 amide bonds. The number of hydrogen-bond donors (Lipinski definition) is 1. The minimum Gasteiger partial charge on any atom is -0.508 e. The minimum absolute atomic E-state index is 0.350. The van der Waals surface area contributed by atoms with Gasteiger partial charge < -0.3 is 24.1 Å². The first-order valence-corrected chi connectivity index (χ1v) is 7.00.